The van der Waals surface area contributed by atoms with Crippen LogP contribution in [0.25, 0.3) is 0 Å². The Hall–Kier alpha value is -1.38. The summed E-state index contributed by atoms with van der Waals surface area (Å²) in [4.78, 5) is 0.251. The molecular weight excluding hydrogens is 260 g/mol. The van der Waals surface area contributed by atoms with Gasteiger partial charge in [-0.15, -0.1) is 0 Å². The lowest BCUT2D eigenvalue weighted by atomic mass is 10.2. The molecule has 4 nitrogen and oxygen atoms in total. The third kappa shape index (κ3) is 2.65. The van der Waals surface area contributed by atoms with Gasteiger partial charge in [0.05, 0.1) is 16.5 Å². The molecule has 1 saturated carbocycles. The molecule has 0 unspecified atom stereocenters. The molecule has 1 fully saturated rings. The van der Waals surface area contributed by atoms with Gasteiger partial charge < -0.3 is 0 Å². The highest BCUT2D eigenvalue weighted by Gasteiger charge is 2.31. The topological polar surface area (TPSA) is 61.2 Å². The minimum atomic E-state index is -3.50. The van der Waals surface area contributed by atoms with Crippen molar-refractivity contribution >= 4 is 10.0 Å². The second kappa shape index (κ2) is 5.32. The number of nitriles is 1. The molecule has 0 heterocycles. The van der Waals surface area contributed by atoms with Gasteiger partial charge in [-0.2, -0.15) is 9.57 Å². The maximum atomic E-state index is 12.6. The van der Waals surface area contributed by atoms with Crippen molar-refractivity contribution < 1.29 is 8.42 Å². The van der Waals surface area contributed by atoms with Gasteiger partial charge in [-0.3, -0.25) is 0 Å². The van der Waals surface area contributed by atoms with E-state index in [1.165, 1.54) is 10.4 Å². The van der Waals surface area contributed by atoms with E-state index in [0.717, 1.165) is 25.7 Å². The second-order valence-electron chi connectivity index (χ2n) is 5.05. The summed E-state index contributed by atoms with van der Waals surface area (Å²) in [6.45, 7) is 1.76. The van der Waals surface area contributed by atoms with E-state index < -0.39 is 10.0 Å². The van der Waals surface area contributed by atoms with E-state index in [9.17, 15) is 8.42 Å². The first-order valence-electron chi connectivity index (χ1n) is 6.45. The molecule has 1 aromatic carbocycles. The first kappa shape index (κ1) is 14.0. The zero-order valence-corrected chi connectivity index (χ0v) is 12.1. The summed E-state index contributed by atoms with van der Waals surface area (Å²) in [5.41, 5.74) is 1.06. The smallest absolute Gasteiger partial charge is 0.207 e. The summed E-state index contributed by atoms with van der Waals surface area (Å²) >= 11 is 0. The number of sulfonamides is 1. The maximum absolute atomic E-state index is 12.6. The molecule has 0 amide bonds. The minimum Gasteiger partial charge on any atom is -0.207 e. The molecule has 0 N–H and O–H groups in total. The van der Waals surface area contributed by atoms with Crippen molar-refractivity contribution in [3.8, 4) is 6.07 Å². The lowest BCUT2D eigenvalue weighted by molar-refractivity contribution is 0.373. The van der Waals surface area contributed by atoms with Crippen LogP contribution in [0.15, 0.2) is 23.1 Å². The average Bonchev–Trinajstić information content (AvgIpc) is 2.92. The van der Waals surface area contributed by atoms with Crippen LogP contribution < -0.4 is 0 Å². The molecule has 5 heteroatoms. The molecule has 19 heavy (non-hydrogen) atoms. The van der Waals surface area contributed by atoms with Crippen molar-refractivity contribution in [2.24, 2.45) is 0 Å². The predicted octanol–water partition coefficient (Wildman–Crippen LogP) is 2.43. The van der Waals surface area contributed by atoms with Crippen molar-refractivity contribution in [3.63, 3.8) is 0 Å². The summed E-state index contributed by atoms with van der Waals surface area (Å²) in [6.07, 6.45) is 4.02. The Morgan fingerprint density at radius 2 is 1.95 bits per heavy atom. The zero-order chi connectivity index (χ0) is 14.0. The van der Waals surface area contributed by atoms with Crippen LogP contribution in [0, 0.1) is 18.3 Å². The van der Waals surface area contributed by atoms with Crippen LogP contribution in [0.4, 0.5) is 0 Å². The van der Waals surface area contributed by atoms with Crippen molar-refractivity contribution in [1.82, 2.24) is 4.31 Å². The van der Waals surface area contributed by atoms with Gasteiger partial charge >= 0.3 is 0 Å². The Labute approximate surface area is 114 Å². The molecule has 102 valence electrons. The van der Waals surface area contributed by atoms with Gasteiger partial charge in [0, 0.05) is 13.1 Å². The van der Waals surface area contributed by atoms with Crippen LogP contribution in [0.3, 0.4) is 0 Å². The highest BCUT2D eigenvalue weighted by atomic mass is 32.2. The molecular formula is C14H18N2O2S. The quantitative estimate of drug-likeness (QED) is 0.853. The summed E-state index contributed by atoms with van der Waals surface area (Å²) in [5, 5.41) is 8.91. The van der Waals surface area contributed by atoms with Gasteiger partial charge in [-0.1, -0.05) is 18.9 Å². The van der Waals surface area contributed by atoms with E-state index >= 15 is 0 Å². The van der Waals surface area contributed by atoms with Gasteiger partial charge in [0.1, 0.15) is 0 Å². The fraction of sp³-hybridized carbons (Fsp3) is 0.500. The molecule has 1 aliphatic carbocycles. The van der Waals surface area contributed by atoms with Crippen LogP contribution in [0.2, 0.25) is 0 Å². The number of nitrogens with zero attached hydrogens (tertiary/aromatic N) is 2. The van der Waals surface area contributed by atoms with Crippen molar-refractivity contribution in [2.45, 2.75) is 43.5 Å². The number of hydrogen-bond donors (Lipinski definition) is 0. The van der Waals surface area contributed by atoms with Crippen molar-refractivity contribution in [1.29, 1.82) is 5.26 Å². The predicted molar refractivity (Wildman–Crippen MR) is 73.1 cm³/mol. The fourth-order valence-electron chi connectivity index (χ4n) is 2.57. The zero-order valence-electron chi connectivity index (χ0n) is 11.3. The van der Waals surface area contributed by atoms with Gasteiger partial charge in [0.25, 0.3) is 0 Å². The molecule has 0 radical (unpaired) electrons. The average molecular weight is 278 g/mol. The number of rotatable bonds is 3. The van der Waals surface area contributed by atoms with Crippen LogP contribution in [-0.4, -0.2) is 25.8 Å². The largest absolute Gasteiger partial charge is 0.243 e. The number of aryl methyl sites for hydroxylation is 1. The first-order chi connectivity index (χ1) is 8.96. The maximum Gasteiger partial charge on any atom is 0.243 e. The van der Waals surface area contributed by atoms with E-state index in [1.54, 1.807) is 26.1 Å². The van der Waals surface area contributed by atoms with Crippen LogP contribution in [-0.2, 0) is 10.0 Å². The second-order valence-corrected chi connectivity index (χ2v) is 7.02. The summed E-state index contributed by atoms with van der Waals surface area (Å²) in [6, 6.07) is 6.88. The molecule has 1 aromatic rings. The number of benzene rings is 1. The third-order valence-corrected chi connectivity index (χ3v) is 5.87. The van der Waals surface area contributed by atoms with E-state index in [4.69, 9.17) is 5.26 Å². The molecule has 0 bridgehead atoms. The fourth-order valence-corrected chi connectivity index (χ4v) is 4.23. The Balaban J connectivity index is 2.41. The van der Waals surface area contributed by atoms with E-state index in [-0.39, 0.29) is 10.9 Å². The van der Waals surface area contributed by atoms with Crippen LogP contribution >= 0.6 is 0 Å². The van der Waals surface area contributed by atoms with Gasteiger partial charge in [-0.05, 0) is 37.5 Å². The highest BCUT2D eigenvalue weighted by molar-refractivity contribution is 7.89. The normalized spacial score (nSPS) is 16.7. The number of hydrogen-bond acceptors (Lipinski definition) is 3. The monoisotopic (exact) mass is 278 g/mol. The Morgan fingerprint density at radius 3 is 2.53 bits per heavy atom. The van der Waals surface area contributed by atoms with E-state index in [1.807, 2.05) is 6.07 Å². The SMILES string of the molecule is Cc1ccc(C#N)cc1S(=O)(=O)N(C)C1CCCC1. The molecule has 0 spiro atoms. The van der Waals surface area contributed by atoms with Crippen molar-refractivity contribution in [3.05, 3.63) is 29.3 Å². The lowest BCUT2D eigenvalue weighted by Crippen LogP contribution is -2.35. The van der Waals surface area contributed by atoms with E-state index in [0.29, 0.717) is 11.1 Å². The standard InChI is InChI=1S/C14H18N2O2S/c1-11-7-8-12(10-15)9-14(11)19(17,18)16(2)13-5-3-4-6-13/h7-9,13H,3-6H2,1-2H3. The molecule has 1 aliphatic rings. The molecule has 0 aliphatic heterocycles. The minimum absolute atomic E-state index is 0.0927. The Bertz CT molecular complexity index is 611. The van der Waals surface area contributed by atoms with Crippen LogP contribution in [0.1, 0.15) is 36.8 Å². The molecule has 0 atom stereocenters. The molecule has 0 aromatic heterocycles. The first-order valence-corrected chi connectivity index (χ1v) is 7.89. The van der Waals surface area contributed by atoms with Gasteiger partial charge in [-0.25, -0.2) is 8.42 Å². The van der Waals surface area contributed by atoms with Gasteiger partial charge in [0.2, 0.25) is 10.0 Å². The Kier molecular flexibility index (Phi) is 3.93. The summed E-state index contributed by atoms with van der Waals surface area (Å²) in [5.74, 6) is 0. The highest BCUT2D eigenvalue weighted by Crippen LogP contribution is 2.28. The summed E-state index contributed by atoms with van der Waals surface area (Å²) < 4.78 is 26.7. The lowest BCUT2D eigenvalue weighted by Gasteiger charge is -2.24. The van der Waals surface area contributed by atoms with Crippen molar-refractivity contribution in [2.75, 3.05) is 7.05 Å². The van der Waals surface area contributed by atoms with E-state index in [2.05, 4.69) is 0 Å². The molecule has 0 saturated heterocycles. The third-order valence-electron chi connectivity index (χ3n) is 3.81. The van der Waals surface area contributed by atoms with Gasteiger partial charge in [0.15, 0.2) is 0 Å². The summed E-state index contributed by atoms with van der Waals surface area (Å²) in [7, 11) is -1.86. The Morgan fingerprint density at radius 1 is 1.32 bits per heavy atom. The molecule has 2 rings (SSSR count). The van der Waals surface area contributed by atoms with Crippen LogP contribution in [0.5, 0.6) is 0 Å².